The van der Waals surface area contributed by atoms with Crippen LogP contribution in [0.15, 0.2) is 60.7 Å². The van der Waals surface area contributed by atoms with Crippen LogP contribution in [-0.4, -0.2) is 6.54 Å². The Bertz CT molecular complexity index is 846. The van der Waals surface area contributed by atoms with E-state index in [-0.39, 0.29) is 12.4 Å². The first-order valence-corrected chi connectivity index (χ1v) is 9.37. The highest BCUT2D eigenvalue weighted by atomic mass is 19.1. The highest BCUT2D eigenvalue weighted by Crippen LogP contribution is 2.29. The minimum Gasteiger partial charge on any atom is -0.488 e. The van der Waals surface area contributed by atoms with E-state index in [0.29, 0.717) is 5.56 Å². The molecule has 0 aliphatic rings. The fourth-order valence-corrected chi connectivity index (χ4v) is 3.12. The average Bonchev–Trinajstić information content (AvgIpc) is 2.68. The standard InChI is InChI=1S/C23H26FNO/c1-2-3-8-15-25-16-21-20-11-6-4-9-18(20)13-14-23(21)26-17-19-10-5-7-12-22(19)24/h4-7,9-14,25H,2-3,8,15-17H2,1H3. The first-order valence-electron chi connectivity index (χ1n) is 9.37. The molecule has 0 atom stereocenters. The third kappa shape index (κ3) is 4.61. The van der Waals surface area contributed by atoms with Gasteiger partial charge in [-0.25, -0.2) is 4.39 Å². The van der Waals surface area contributed by atoms with Gasteiger partial charge in [0.15, 0.2) is 0 Å². The zero-order chi connectivity index (χ0) is 18.2. The number of halogens is 1. The molecule has 3 rings (SSSR count). The minimum absolute atomic E-state index is 0.229. The molecule has 0 fully saturated rings. The Morgan fingerprint density at radius 2 is 1.73 bits per heavy atom. The summed E-state index contributed by atoms with van der Waals surface area (Å²) < 4.78 is 19.9. The van der Waals surface area contributed by atoms with Crippen LogP contribution in [0.5, 0.6) is 5.75 Å². The molecule has 0 heterocycles. The van der Waals surface area contributed by atoms with E-state index in [4.69, 9.17) is 4.74 Å². The number of nitrogens with one attached hydrogen (secondary N) is 1. The quantitative estimate of drug-likeness (QED) is 0.489. The predicted octanol–water partition coefficient (Wildman–Crippen LogP) is 5.84. The number of hydrogen-bond acceptors (Lipinski definition) is 2. The van der Waals surface area contributed by atoms with Crippen LogP contribution in [0, 0.1) is 5.82 Å². The number of unbranched alkanes of at least 4 members (excludes halogenated alkanes) is 2. The maximum atomic E-state index is 13.9. The minimum atomic E-state index is -0.229. The molecule has 0 unspecified atom stereocenters. The molecule has 0 amide bonds. The molecule has 136 valence electrons. The van der Waals surface area contributed by atoms with E-state index in [1.807, 2.05) is 24.3 Å². The van der Waals surface area contributed by atoms with Gasteiger partial charge in [-0.05, 0) is 35.9 Å². The molecule has 1 N–H and O–H groups in total. The fourth-order valence-electron chi connectivity index (χ4n) is 3.12. The first-order chi connectivity index (χ1) is 12.8. The smallest absolute Gasteiger partial charge is 0.129 e. The zero-order valence-electron chi connectivity index (χ0n) is 15.3. The lowest BCUT2D eigenvalue weighted by Gasteiger charge is -2.15. The lowest BCUT2D eigenvalue weighted by atomic mass is 10.0. The van der Waals surface area contributed by atoms with Crippen molar-refractivity contribution >= 4 is 10.8 Å². The van der Waals surface area contributed by atoms with E-state index in [1.165, 1.54) is 36.1 Å². The number of rotatable bonds is 9. The van der Waals surface area contributed by atoms with Crippen LogP contribution in [0.25, 0.3) is 10.8 Å². The zero-order valence-corrected chi connectivity index (χ0v) is 15.3. The van der Waals surface area contributed by atoms with Crippen molar-refractivity contribution in [2.45, 2.75) is 39.3 Å². The van der Waals surface area contributed by atoms with Crippen LogP contribution in [0.1, 0.15) is 37.3 Å². The van der Waals surface area contributed by atoms with Gasteiger partial charge in [0.05, 0.1) is 0 Å². The van der Waals surface area contributed by atoms with Crippen molar-refractivity contribution in [3.05, 3.63) is 77.6 Å². The highest BCUT2D eigenvalue weighted by Gasteiger charge is 2.10. The van der Waals surface area contributed by atoms with E-state index in [9.17, 15) is 4.39 Å². The van der Waals surface area contributed by atoms with Crippen LogP contribution in [0.4, 0.5) is 4.39 Å². The van der Waals surface area contributed by atoms with E-state index in [2.05, 4.69) is 30.4 Å². The lowest BCUT2D eigenvalue weighted by Crippen LogP contribution is -2.16. The summed E-state index contributed by atoms with van der Waals surface area (Å²) in [4.78, 5) is 0. The second-order valence-corrected chi connectivity index (χ2v) is 6.53. The molecular formula is C23H26FNO. The number of ether oxygens (including phenoxy) is 1. The number of fused-ring (bicyclic) bond motifs is 1. The Kier molecular flexibility index (Phi) is 6.62. The fraction of sp³-hybridized carbons (Fsp3) is 0.304. The third-order valence-electron chi connectivity index (χ3n) is 4.60. The Morgan fingerprint density at radius 1 is 0.923 bits per heavy atom. The molecule has 0 spiro atoms. The van der Waals surface area contributed by atoms with Gasteiger partial charge >= 0.3 is 0 Å². The summed E-state index contributed by atoms with van der Waals surface area (Å²) in [7, 11) is 0. The van der Waals surface area contributed by atoms with E-state index in [0.717, 1.165) is 24.4 Å². The van der Waals surface area contributed by atoms with Gasteiger partial charge in [0, 0.05) is 17.7 Å². The third-order valence-corrected chi connectivity index (χ3v) is 4.60. The van der Waals surface area contributed by atoms with Gasteiger partial charge in [-0.1, -0.05) is 68.3 Å². The van der Waals surface area contributed by atoms with Crippen molar-refractivity contribution in [2.75, 3.05) is 6.54 Å². The molecule has 0 aromatic heterocycles. The van der Waals surface area contributed by atoms with Crippen molar-refractivity contribution in [3.63, 3.8) is 0 Å². The normalized spacial score (nSPS) is 11.0. The molecule has 3 heteroatoms. The second-order valence-electron chi connectivity index (χ2n) is 6.53. The Labute approximate surface area is 155 Å². The predicted molar refractivity (Wildman–Crippen MR) is 106 cm³/mol. The lowest BCUT2D eigenvalue weighted by molar-refractivity contribution is 0.296. The molecule has 26 heavy (non-hydrogen) atoms. The van der Waals surface area contributed by atoms with Gasteiger partial charge in [-0.3, -0.25) is 0 Å². The summed E-state index contributed by atoms with van der Waals surface area (Å²) in [6, 6.07) is 19.1. The number of hydrogen-bond donors (Lipinski definition) is 1. The summed E-state index contributed by atoms with van der Waals surface area (Å²) in [5.41, 5.74) is 1.71. The Hall–Kier alpha value is -2.39. The van der Waals surface area contributed by atoms with Crippen LogP contribution < -0.4 is 10.1 Å². The first kappa shape index (κ1) is 18.4. The van der Waals surface area contributed by atoms with Gasteiger partial charge in [-0.2, -0.15) is 0 Å². The SMILES string of the molecule is CCCCCNCc1c(OCc2ccccc2F)ccc2ccccc12. The monoisotopic (exact) mass is 351 g/mol. The van der Waals surface area contributed by atoms with Crippen LogP contribution in [0.3, 0.4) is 0 Å². The summed E-state index contributed by atoms with van der Waals surface area (Å²) in [5.74, 6) is 0.586. The van der Waals surface area contributed by atoms with Gasteiger partial charge in [0.1, 0.15) is 18.2 Å². The van der Waals surface area contributed by atoms with Gasteiger partial charge in [-0.15, -0.1) is 0 Å². The maximum Gasteiger partial charge on any atom is 0.129 e. The maximum absolute atomic E-state index is 13.9. The van der Waals surface area contributed by atoms with E-state index >= 15 is 0 Å². The van der Waals surface area contributed by atoms with Gasteiger partial charge < -0.3 is 10.1 Å². The molecule has 2 nitrogen and oxygen atoms in total. The molecular weight excluding hydrogens is 325 g/mol. The largest absolute Gasteiger partial charge is 0.488 e. The molecule has 0 saturated carbocycles. The average molecular weight is 351 g/mol. The topological polar surface area (TPSA) is 21.3 Å². The highest BCUT2D eigenvalue weighted by molar-refractivity contribution is 5.87. The van der Waals surface area contributed by atoms with Crippen LogP contribution >= 0.6 is 0 Å². The van der Waals surface area contributed by atoms with Crippen LogP contribution in [0.2, 0.25) is 0 Å². The molecule has 3 aromatic carbocycles. The molecule has 0 bridgehead atoms. The Balaban J connectivity index is 1.79. The van der Waals surface area contributed by atoms with Crippen molar-refractivity contribution < 1.29 is 9.13 Å². The second kappa shape index (κ2) is 9.35. The molecule has 0 aliphatic heterocycles. The van der Waals surface area contributed by atoms with Crippen LogP contribution in [-0.2, 0) is 13.2 Å². The summed E-state index contributed by atoms with van der Waals surface area (Å²) in [6.45, 7) is 4.18. The van der Waals surface area contributed by atoms with Gasteiger partial charge in [0.2, 0.25) is 0 Å². The molecule has 0 saturated heterocycles. The summed E-state index contributed by atoms with van der Waals surface area (Å²) in [6.07, 6.45) is 3.62. The van der Waals surface area contributed by atoms with Crippen molar-refractivity contribution in [1.82, 2.24) is 5.32 Å². The van der Waals surface area contributed by atoms with E-state index in [1.54, 1.807) is 12.1 Å². The number of benzene rings is 3. The molecule has 0 aliphatic carbocycles. The van der Waals surface area contributed by atoms with Crippen molar-refractivity contribution in [3.8, 4) is 5.75 Å². The summed E-state index contributed by atoms with van der Waals surface area (Å²) >= 11 is 0. The van der Waals surface area contributed by atoms with E-state index < -0.39 is 0 Å². The summed E-state index contributed by atoms with van der Waals surface area (Å²) in [5, 5.41) is 5.90. The van der Waals surface area contributed by atoms with Crippen molar-refractivity contribution in [2.24, 2.45) is 0 Å². The van der Waals surface area contributed by atoms with Crippen molar-refractivity contribution in [1.29, 1.82) is 0 Å². The Morgan fingerprint density at radius 3 is 2.58 bits per heavy atom. The van der Waals surface area contributed by atoms with Gasteiger partial charge in [0.25, 0.3) is 0 Å². The molecule has 0 radical (unpaired) electrons. The molecule has 3 aromatic rings.